The van der Waals surface area contributed by atoms with Crippen LogP contribution in [0, 0.1) is 11.7 Å². The number of halogens is 1. The smallest absolute Gasteiger partial charge is 0.256 e. The molecule has 2 atom stereocenters. The molecule has 156 valence electrons. The summed E-state index contributed by atoms with van der Waals surface area (Å²) in [6.45, 7) is 2.71. The fraction of sp³-hybridized carbons (Fsp3) is 0.400. The van der Waals surface area contributed by atoms with Crippen molar-refractivity contribution in [1.29, 1.82) is 0 Å². The number of amidine groups is 1. The molecule has 3 aliphatic heterocycles. The molecule has 1 aromatic carbocycles. The number of piperidine rings is 1. The van der Waals surface area contributed by atoms with Crippen LogP contribution in [0.3, 0.4) is 0 Å². The standard InChI is InChI=1S/C20H23FN8O/c1-22-18-9-19(24-12-23-18)28-10-13-4-7-27(11-17(13)28)20(30)15-8-14(21)2-3-16(15)29-25-5-6-26-29/h2-3,5-6,8-9,13,17,22-23H,4,7,10-12H2,1H3/t13-,17-/m0/s1. The van der Waals surface area contributed by atoms with Gasteiger partial charge in [0.1, 0.15) is 24.1 Å². The lowest BCUT2D eigenvalue weighted by molar-refractivity contribution is 0.00638. The van der Waals surface area contributed by atoms with Gasteiger partial charge in [0.2, 0.25) is 0 Å². The first-order valence-corrected chi connectivity index (χ1v) is 10.0. The molecular weight excluding hydrogens is 387 g/mol. The highest BCUT2D eigenvalue weighted by atomic mass is 19.1. The van der Waals surface area contributed by atoms with Gasteiger partial charge in [-0.3, -0.25) is 4.79 Å². The number of aromatic nitrogens is 3. The molecule has 2 fully saturated rings. The van der Waals surface area contributed by atoms with Gasteiger partial charge in [0.05, 0.1) is 29.7 Å². The van der Waals surface area contributed by atoms with Crippen molar-refractivity contribution in [2.24, 2.45) is 10.9 Å². The van der Waals surface area contributed by atoms with Crippen LogP contribution in [0.25, 0.3) is 5.69 Å². The summed E-state index contributed by atoms with van der Waals surface area (Å²) in [5.74, 6) is 1.75. The predicted octanol–water partition coefficient (Wildman–Crippen LogP) is 0.573. The van der Waals surface area contributed by atoms with Gasteiger partial charge in [-0.15, -0.1) is 0 Å². The highest BCUT2D eigenvalue weighted by molar-refractivity contribution is 5.98. The molecule has 0 unspecified atom stereocenters. The van der Waals surface area contributed by atoms with Crippen LogP contribution in [0.2, 0.25) is 0 Å². The van der Waals surface area contributed by atoms with E-state index in [1.165, 1.54) is 29.3 Å². The Hall–Kier alpha value is -3.43. The number of amides is 1. The van der Waals surface area contributed by atoms with Gasteiger partial charge < -0.3 is 20.4 Å². The van der Waals surface area contributed by atoms with E-state index in [9.17, 15) is 9.18 Å². The Bertz CT molecular complexity index is 1020. The van der Waals surface area contributed by atoms with E-state index >= 15 is 0 Å². The van der Waals surface area contributed by atoms with E-state index in [0.29, 0.717) is 31.4 Å². The second-order valence-electron chi connectivity index (χ2n) is 7.66. The zero-order valence-electron chi connectivity index (χ0n) is 16.6. The normalized spacial score (nSPS) is 23.0. The largest absolute Gasteiger partial charge is 0.375 e. The zero-order chi connectivity index (χ0) is 20.7. The summed E-state index contributed by atoms with van der Waals surface area (Å²) in [7, 11) is 1.87. The van der Waals surface area contributed by atoms with Gasteiger partial charge in [-0.2, -0.15) is 15.0 Å². The van der Waals surface area contributed by atoms with Gasteiger partial charge in [0.25, 0.3) is 5.91 Å². The number of carbonyl (C=O) groups is 1. The van der Waals surface area contributed by atoms with Crippen molar-refractivity contribution in [1.82, 2.24) is 35.4 Å². The topological polar surface area (TPSA) is 90.7 Å². The maximum atomic E-state index is 14.0. The van der Waals surface area contributed by atoms with E-state index in [1.807, 2.05) is 13.1 Å². The molecule has 2 saturated heterocycles. The Balaban J connectivity index is 1.37. The Morgan fingerprint density at radius 3 is 2.90 bits per heavy atom. The zero-order valence-corrected chi connectivity index (χ0v) is 16.6. The summed E-state index contributed by atoms with van der Waals surface area (Å²) < 4.78 is 14.0. The molecule has 1 aromatic heterocycles. The fourth-order valence-corrected chi connectivity index (χ4v) is 4.37. The second kappa shape index (κ2) is 7.43. The summed E-state index contributed by atoms with van der Waals surface area (Å²) >= 11 is 0. The minimum atomic E-state index is -0.455. The summed E-state index contributed by atoms with van der Waals surface area (Å²) in [4.78, 5) is 23.3. The molecule has 0 spiro atoms. The number of rotatable bonds is 3. The first kappa shape index (κ1) is 18.6. The SMILES string of the molecule is CNC1=CC(N2C[C@@H]3CCN(C(=O)c4cc(F)ccc4-n4nccn4)C[C@@H]32)=NCN1. The van der Waals surface area contributed by atoms with Crippen LogP contribution in [0.5, 0.6) is 0 Å². The van der Waals surface area contributed by atoms with Crippen molar-refractivity contribution in [2.75, 3.05) is 33.4 Å². The molecule has 2 aromatic rings. The third-order valence-electron chi connectivity index (χ3n) is 6.01. The van der Waals surface area contributed by atoms with Crippen LogP contribution in [0.4, 0.5) is 4.39 Å². The quantitative estimate of drug-likeness (QED) is 0.769. The first-order valence-electron chi connectivity index (χ1n) is 10.0. The molecule has 10 heteroatoms. The molecular formula is C20H23FN8O. The van der Waals surface area contributed by atoms with Gasteiger partial charge in [0.15, 0.2) is 0 Å². The Kier molecular flexibility index (Phi) is 4.61. The second-order valence-corrected chi connectivity index (χ2v) is 7.66. The van der Waals surface area contributed by atoms with Crippen molar-refractivity contribution in [3.63, 3.8) is 0 Å². The summed E-state index contributed by atoms with van der Waals surface area (Å²) in [5, 5.41) is 14.5. The average Bonchev–Trinajstić information content (AvgIpc) is 3.29. The van der Waals surface area contributed by atoms with Gasteiger partial charge in [-0.1, -0.05) is 0 Å². The number of fused-ring (bicyclic) bond motifs is 1. The molecule has 0 bridgehead atoms. The lowest BCUT2D eigenvalue weighted by Gasteiger charge is -2.54. The van der Waals surface area contributed by atoms with Crippen LogP contribution in [0.15, 0.2) is 47.5 Å². The number of nitrogens with zero attached hydrogens (tertiary/aromatic N) is 6. The Morgan fingerprint density at radius 1 is 1.27 bits per heavy atom. The first-order chi connectivity index (χ1) is 14.6. The minimum absolute atomic E-state index is 0.203. The Morgan fingerprint density at radius 2 is 2.10 bits per heavy atom. The fourth-order valence-electron chi connectivity index (χ4n) is 4.37. The highest BCUT2D eigenvalue weighted by Crippen LogP contribution is 2.34. The predicted molar refractivity (Wildman–Crippen MR) is 108 cm³/mol. The molecule has 9 nitrogen and oxygen atoms in total. The lowest BCUT2D eigenvalue weighted by Crippen LogP contribution is -2.66. The van der Waals surface area contributed by atoms with Crippen molar-refractivity contribution >= 4 is 11.7 Å². The molecule has 0 radical (unpaired) electrons. The van der Waals surface area contributed by atoms with Crippen molar-refractivity contribution in [3.05, 3.63) is 53.9 Å². The van der Waals surface area contributed by atoms with Crippen molar-refractivity contribution < 1.29 is 9.18 Å². The summed E-state index contributed by atoms with van der Waals surface area (Å²) in [6.07, 6.45) is 5.98. The van der Waals surface area contributed by atoms with Crippen LogP contribution in [-0.4, -0.2) is 75.9 Å². The maximum Gasteiger partial charge on any atom is 0.256 e. The molecule has 1 amide bonds. The molecule has 30 heavy (non-hydrogen) atoms. The van der Waals surface area contributed by atoms with E-state index in [2.05, 4.69) is 30.7 Å². The molecule has 0 saturated carbocycles. The van der Waals surface area contributed by atoms with Crippen LogP contribution >= 0.6 is 0 Å². The molecule has 4 heterocycles. The Labute approximate surface area is 173 Å². The number of benzene rings is 1. The van der Waals surface area contributed by atoms with Gasteiger partial charge >= 0.3 is 0 Å². The number of carbonyl (C=O) groups excluding carboxylic acids is 1. The number of nitrogens with one attached hydrogen (secondary N) is 2. The number of aliphatic imine (C=N–C) groups is 1. The molecule has 2 N–H and O–H groups in total. The van der Waals surface area contributed by atoms with Gasteiger partial charge in [-0.25, -0.2) is 9.38 Å². The highest BCUT2D eigenvalue weighted by Gasteiger charge is 2.45. The maximum absolute atomic E-state index is 14.0. The van der Waals surface area contributed by atoms with Crippen molar-refractivity contribution in [3.8, 4) is 5.69 Å². The van der Waals surface area contributed by atoms with E-state index in [1.54, 1.807) is 11.0 Å². The van der Waals surface area contributed by atoms with E-state index < -0.39 is 5.82 Å². The van der Waals surface area contributed by atoms with Crippen molar-refractivity contribution in [2.45, 2.75) is 12.5 Å². The van der Waals surface area contributed by atoms with E-state index in [0.717, 1.165) is 24.6 Å². The van der Waals surface area contributed by atoms with E-state index in [-0.39, 0.29) is 17.5 Å². The number of hydrogen-bond acceptors (Lipinski definition) is 7. The minimum Gasteiger partial charge on any atom is -0.375 e. The van der Waals surface area contributed by atoms with Crippen LogP contribution in [-0.2, 0) is 0 Å². The summed E-state index contributed by atoms with van der Waals surface area (Å²) in [6, 6.07) is 4.34. The molecule has 5 rings (SSSR count). The summed E-state index contributed by atoms with van der Waals surface area (Å²) in [5.41, 5.74) is 0.746. The number of likely N-dealkylation sites (tertiary alicyclic amines) is 2. The third-order valence-corrected chi connectivity index (χ3v) is 6.01. The lowest BCUT2D eigenvalue weighted by atomic mass is 9.81. The van der Waals surface area contributed by atoms with Gasteiger partial charge in [-0.05, 0) is 24.6 Å². The van der Waals surface area contributed by atoms with E-state index in [4.69, 9.17) is 0 Å². The number of hydrogen-bond donors (Lipinski definition) is 2. The average molecular weight is 410 g/mol. The molecule has 0 aliphatic carbocycles. The molecule has 3 aliphatic rings. The van der Waals surface area contributed by atoms with Gasteiger partial charge in [0, 0.05) is 38.7 Å². The van der Waals surface area contributed by atoms with Crippen LogP contribution in [0.1, 0.15) is 16.8 Å². The van der Waals surface area contributed by atoms with Crippen LogP contribution < -0.4 is 10.6 Å². The monoisotopic (exact) mass is 410 g/mol. The third kappa shape index (κ3) is 3.17.